The van der Waals surface area contributed by atoms with Crippen LogP contribution >= 0.6 is 0 Å². The number of carbonyl (C=O) groups is 1. The first-order valence-electron chi connectivity index (χ1n) is 10.6. The Bertz CT molecular complexity index is 1250. The topological polar surface area (TPSA) is 90.7 Å². The Morgan fingerprint density at radius 1 is 1.26 bits per heavy atom. The second-order valence-corrected chi connectivity index (χ2v) is 8.16. The number of aryl methyl sites for hydroxylation is 1. The molecule has 0 bridgehead atoms. The van der Waals surface area contributed by atoms with E-state index in [1.165, 1.54) is 12.3 Å². The van der Waals surface area contributed by atoms with Gasteiger partial charge >= 0.3 is 5.97 Å². The van der Waals surface area contributed by atoms with Gasteiger partial charge in [-0.05, 0) is 25.1 Å². The Labute approximate surface area is 177 Å². The summed E-state index contributed by atoms with van der Waals surface area (Å²) in [6, 6.07) is 5.10. The minimum atomic E-state index is -1.28. The molecule has 1 aromatic carbocycles. The summed E-state index contributed by atoms with van der Waals surface area (Å²) >= 11 is 0. The zero-order chi connectivity index (χ0) is 21.7. The maximum atomic E-state index is 14.9. The summed E-state index contributed by atoms with van der Waals surface area (Å²) in [5, 5.41) is 13.4. The molecule has 5 rings (SSSR count). The molecule has 3 aromatic rings. The van der Waals surface area contributed by atoms with E-state index in [-0.39, 0.29) is 16.8 Å². The van der Waals surface area contributed by atoms with Gasteiger partial charge in [0.2, 0.25) is 5.43 Å². The van der Waals surface area contributed by atoms with Crippen molar-refractivity contribution < 1.29 is 14.3 Å². The summed E-state index contributed by atoms with van der Waals surface area (Å²) in [6.07, 6.45) is 1.32. The van der Waals surface area contributed by atoms with Crippen LogP contribution in [0, 0.1) is 5.82 Å². The minimum absolute atomic E-state index is 0.184. The summed E-state index contributed by atoms with van der Waals surface area (Å²) in [7, 11) is 0. The van der Waals surface area contributed by atoms with Gasteiger partial charge in [0.05, 0.1) is 16.6 Å². The van der Waals surface area contributed by atoms with Gasteiger partial charge in [-0.15, -0.1) is 0 Å². The van der Waals surface area contributed by atoms with Crippen molar-refractivity contribution in [1.29, 1.82) is 0 Å². The van der Waals surface area contributed by atoms with Gasteiger partial charge in [0.15, 0.2) is 0 Å². The molecular formula is C22H24FN5O3. The standard InChI is InChI=1S/C22H24FN5O3/c1-2-26-12-16(22(30)31)20(29)15-7-13-8-17(23)19(9-18(13)25-21(15)26)28-10-14(11-28)27-5-3-24-4-6-27/h7-9,12,14,24H,2-6,10-11H2,1H3,(H,30,31). The maximum Gasteiger partial charge on any atom is 0.341 e. The summed E-state index contributed by atoms with van der Waals surface area (Å²) in [5.41, 5.74) is 0.585. The number of carboxylic acid groups (broad SMARTS) is 1. The summed E-state index contributed by atoms with van der Waals surface area (Å²) in [6.45, 7) is 7.87. The van der Waals surface area contributed by atoms with Gasteiger partial charge < -0.3 is 19.9 Å². The summed E-state index contributed by atoms with van der Waals surface area (Å²) in [5.74, 6) is -1.65. The number of hydrogen-bond donors (Lipinski definition) is 2. The number of hydrogen-bond acceptors (Lipinski definition) is 6. The SMILES string of the molecule is CCn1cc(C(=O)O)c(=O)c2cc3cc(F)c(N4CC(N5CCNCC5)C4)cc3nc21. The number of piperazine rings is 1. The van der Waals surface area contributed by atoms with Crippen molar-refractivity contribution in [2.75, 3.05) is 44.2 Å². The molecule has 162 valence electrons. The van der Waals surface area contributed by atoms with Crippen LogP contribution in [0.25, 0.3) is 21.9 Å². The third-order valence-corrected chi connectivity index (χ3v) is 6.35. The lowest BCUT2D eigenvalue weighted by Crippen LogP contribution is -2.63. The molecular weight excluding hydrogens is 401 g/mol. The Hall–Kier alpha value is -3.04. The normalized spacial score (nSPS) is 17.9. The molecule has 0 saturated carbocycles. The fourth-order valence-electron chi connectivity index (χ4n) is 4.55. The van der Waals surface area contributed by atoms with E-state index in [1.54, 1.807) is 16.7 Å². The Morgan fingerprint density at radius 2 is 2.00 bits per heavy atom. The second kappa shape index (κ2) is 7.58. The number of benzene rings is 1. The van der Waals surface area contributed by atoms with Crippen LogP contribution in [0.15, 0.2) is 29.2 Å². The molecule has 2 aliphatic heterocycles. The molecule has 2 fully saturated rings. The second-order valence-electron chi connectivity index (χ2n) is 8.16. The number of nitrogens with zero attached hydrogens (tertiary/aromatic N) is 4. The number of halogens is 1. The molecule has 0 radical (unpaired) electrons. The molecule has 2 saturated heterocycles. The third-order valence-electron chi connectivity index (χ3n) is 6.35. The molecule has 0 aliphatic carbocycles. The number of carboxylic acids is 1. The van der Waals surface area contributed by atoms with E-state index in [0.29, 0.717) is 34.8 Å². The van der Waals surface area contributed by atoms with Crippen LogP contribution in [0.4, 0.5) is 10.1 Å². The molecule has 2 aromatic heterocycles. The highest BCUT2D eigenvalue weighted by Crippen LogP contribution is 2.31. The molecule has 0 atom stereocenters. The number of aromatic carboxylic acids is 1. The number of nitrogens with one attached hydrogen (secondary N) is 1. The van der Waals surface area contributed by atoms with E-state index in [4.69, 9.17) is 0 Å². The predicted octanol–water partition coefficient (Wildman–Crippen LogP) is 1.50. The van der Waals surface area contributed by atoms with Gasteiger partial charge in [0.1, 0.15) is 17.0 Å². The monoisotopic (exact) mass is 425 g/mol. The van der Waals surface area contributed by atoms with Crippen LogP contribution in [0.3, 0.4) is 0 Å². The van der Waals surface area contributed by atoms with Crippen molar-refractivity contribution in [3.63, 3.8) is 0 Å². The Kier molecular flexibility index (Phi) is 4.86. The van der Waals surface area contributed by atoms with Crippen LogP contribution in [-0.2, 0) is 6.54 Å². The zero-order valence-corrected chi connectivity index (χ0v) is 17.3. The van der Waals surface area contributed by atoms with Crippen molar-refractivity contribution in [3.05, 3.63) is 46.0 Å². The highest BCUT2D eigenvalue weighted by Gasteiger charge is 2.33. The van der Waals surface area contributed by atoms with Crippen molar-refractivity contribution in [1.82, 2.24) is 19.8 Å². The van der Waals surface area contributed by atoms with Crippen LogP contribution in [0.1, 0.15) is 17.3 Å². The highest BCUT2D eigenvalue weighted by atomic mass is 19.1. The first-order valence-corrected chi connectivity index (χ1v) is 10.6. The van der Waals surface area contributed by atoms with Gasteiger partial charge in [-0.3, -0.25) is 9.69 Å². The molecule has 31 heavy (non-hydrogen) atoms. The van der Waals surface area contributed by atoms with Gasteiger partial charge in [0, 0.05) is 63.4 Å². The van der Waals surface area contributed by atoms with Crippen LogP contribution in [0.5, 0.6) is 0 Å². The molecule has 0 unspecified atom stereocenters. The average molecular weight is 425 g/mol. The third kappa shape index (κ3) is 3.34. The Morgan fingerprint density at radius 3 is 2.68 bits per heavy atom. The van der Waals surface area contributed by atoms with E-state index in [1.807, 2.05) is 11.8 Å². The van der Waals surface area contributed by atoms with Crippen LogP contribution in [-0.4, -0.2) is 70.8 Å². The van der Waals surface area contributed by atoms with Crippen molar-refractivity contribution in [2.24, 2.45) is 0 Å². The molecule has 0 amide bonds. The number of pyridine rings is 2. The number of aromatic nitrogens is 2. The number of fused-ring (bicyclic) bond motifs is 2. The van der Waals surface area contributed by atoms with Crippen molar-refractivity contribution in [3.8, 4) is 0 Å². The van der Waals surface area contributed by atoms with E-state index in [9.17, 15) is 19.1 Å². The lowest BCUT2D eigenvalue weighted by molar-refractivity contribution is 0.0695. The van der Waals surface area contributed by atoms with E-state index >= 15 is 0 Å². The van der Waals surface area contributed by atoms with Gasteiger partial charge in [-0.25, -0.2) is 14.2 Å². The zero-order valence-electron chi connectivity index (χ0n) is 17.3. The van der Waals surface area contributed by atoms with Crippen LogP contribution < -0.4 is 15.6 Å². The fourth-order valence-corrected chi connectivity index (χ4v) is 4.55. The van der Waals surface area contributed by atoms with E-state index < -0.39 is 11.4 Å². The molecule has 4 heterocycles. The number of rotatable bonds is 4. The van der Waals surface area contributed by atoms with Crippen molar-refractivity contribution >= 4 is 33.6 Å². The van der Waals surface area contributed by atoms with Crippen molar-refractivity contribution in [2.45, 2.75) is 19.5 Å². The average Bonchev–Trinajstić information content (AvgIpc) is 2.73. The lowest BCUT2D eigenvalue weighted by atomic mass is 10.0. The largest absolute Gasteiger partial charge is 0.477 e. The molecule has 2 N–H and O–H groups in total. The van der Waals surface area contributed by atoms with Gasteiger partial charge in [-0.1, -0.05) is 0 Å². The minimum Gasteiger partial charge on any atom is -0.477 e. The van der Waals surface area contributed by atoms with E-state index in [0.717, 1.165) is 39.3 Å². The molecule has 2 aliphatic rings. The van der Waals surface area contributed by atoms with Gasteiger partial charge in [0.25, 0.3) is 0 Å². The molecule has 0 spiro atoms. The molecule has 8 nitrogen and oxygen atoms in total. The molecule has 9 heteroatoms. The maximum absolute atomic E-state index is 14.9. The van der Waals surface area contributed by atoms with Crippen LogP contribution in [0.2, 0.25) is 0 Å². The fraction of sp³-hybridized carbons (Fsp3) is 0.409. The van der Waals surface area contributed by atoms with Gasteiger partial charge in [-0.2, -0.15) is 0 Å². The quantitative estimate of drug-likeness (QED) is 0.612. The summed E-state index contributed by atoms with van der Waals surface area (Å²) in [4.78, 5) is 33.2. The predicted molar refractivity (Wildman–Crippen MR) is 117 cm³/mol. The van der Waals surface area contributed by atoms with E-state index in [2.05, 4.69) is 15.2 Å². The number of anilines is 1. The smallest absolute Gasteiger partial charge is 0.341 e. The lowest BCUT2D eigenvalue weighted by Gasteiger charge is -2.48. The first kappa shape index (κ1) is 19.9. The highest BCUT2D eigenvalue weighted by molar-refractivity contribution is 5.96. The summed E-state index contributed by atoms with van der Waals surface area (Å²) < 4.78 is 16.6. The Balaban J connectivity index is 1.53. The first-order chi connectivity index (χ1) is 15.0.